The lowest BCUT2D eigenvalue weighted by Crippen LogP contribution is -2.40. The van der Waals surface area contributed by atoms with Gasteiger partial charge in [0.05, 0.1) is 37.0 Å². The van der Waals surface area contributed by atoms with Crippen LogP contribution in [0.3, 0.4) is 0 Å². The predicted octanol–water partition coefficient (Wildman–Crippen LogP) is 3.77. The van der Waals surface area contributed by atoms with Gasteiger partial charge in [-0.05, 0) is 49.6 Å². The molecule has 0 radical (unpaired) electrons. The molecule has 0 amide bonds. The van der Waals surface area contributed by atoms with Crippen LogP contribution in [0.4, 0.5) is 5.69 Å². The van der Waals surface area contributed by atoms with Crippen molar-refractivity contribution in [3.8, 4) is 0 Å². The Kier molecular flexibility index (Phi) is 5.64. The lowest BCUT2D eigenvalue weighted by molar-refractivity contribution is -0.139. The van der Waals surface area contributed by atoms with Gasteiger partial charge in [0.15, 0.2) is 0 Å². The molecule has 0 fully saturated rings. The number of benzene rings is 1. The van der Waals surface area contributed by atoms with Crippen molar-refractivity contribution in [1.82, 2.24) is 4.57 Å². The van der Waals surface area contributed by atoms with Crippen LogP contribution in [-0.4, -0.2) is 46.4 Å². The fourth-order valence-corrected chi connectivity index (χ4v) is 8.75. The minimum atomic E-state index is -3.44. The number of ether oxygens (including phenoxy) is 1. The first-order valence-electron chi connectivity index (χ1n) is 10.1. The summed E-state index contributed by atoms with van der Waals surface area (Å²) in [5, 5.41) is 1.02. The molecule has 6 nitrogen and oxygen atoms in total. The SMILES string of the molecule is COC(=O)Cc1c(C)c2c3c(cc(C)n3CCN2S(=O)(=O)CC[Si](C)(C)C)c1C. The zero-order chi connectivity index (χ0) is 21.7. The van der Waals surface area contributed by atoms with Crippen molar-refractivity contribution in [3.05, 3.63) is 28.5 Å². The number of rotatable bonds is 6. The number of anilines is 1. The van der Waals surface area contributed by atoms with Crippen molar-refractivity contribution < 1.29 is 17.9 Å². The Bertz CT molecular complexity index is 1080. The third-order valence-corrected chi connectivity index (χ3v) is 9.83. The van der Waals surface area contributed by atoms with E-state index < -0.39 is 18.1 Å². The van der Waals surface area contributed by atoms with Crippen LogP contribution in [0.25, 0.3) is 10.9 Å². The summed E-state index contributed by atoms with van der Waals surface area (Å²) >= 11 is 0. The molecule has 0 unspecified atom stereocenters. The Balaban J connectivity index is 2.22. The minimum Gasteiger partial charge on any atom is -0.469 e. The van der Waals surface area contributed by atoms with Crippen molar-refractivity contribution >= 4 is 40.7 Å². The highest BCUT2D eigenvalue weighted by Crippen LogP contribution is 2.42. The molecule has 1 aromatic heterocycles. The van der Waals surface area contributed by atoms with E-state index in [4.69, 9.17) is 4.74 Å². The summed E-state index contributed by atoms with van der Waals surface area (Å²) < 4.78 is 35.4. The molecule has 0 spiro atoms. The number of methoxy groups -OCH3 is 1. The molecule has 8 heteroatoms. The highest BCUT2D eigenvalue weighted by Gasteiger charge is 2.33. The van der Waals surface area contributed by atoms with Crippen molar-refractivity contribution in [2.75, 3.05) is 23.7 Å². The van der Waals surface area contributed by atoms with Crippen LogP contribution in [0.5, 0.6) is 0 Å². The van der Waals surface area contributed by atoms with Crippen molar-refractivity contribution in [3.63, 3.8) is 0 Å². The van der Waals surface area contributed by atoms with Gasteiger partial charge >= 0.3 is 5.97 Å². The van der Waals surface area contributed by atoms with E-state index in [1.54, 1.807) is 4.31 Å². The molecule has 0 saturated heterocycles. The van der Waals surface area contributed by atoms with E-state index >= 15 is 0 Å². The first kappa shape index (κ1) is 21.9. The van der Waals surface area contributed by atoms with Gasteiger partial charge in [-0.2, -0.15) is 0 Å². The molecule has 0 atom stereocenters. The first-order chi connectivity index (χ1) is 13.4. The number of aromatic nitrogens is 1. The summed E-state index contributed by atoms with van der Waals surface area (Å²) in [5.74, 6) is -0.147. The molecule has 0 saturated carbocycles. The summed E-state index contributed by atoms with van der Waals surface area (Å²) in [6.45, 7) is 13.6. The van der Waals surface area contributed by atoms with Crippen LogP contribution in [0.15, 0.2) is 6.07 Å². The van der Waals surface area contributed by atoms with Crippen LogP contribution in [0.1, 0.15) is 22.4 Å². The van der Waals surface area contributed by atoms with Crippen LogP contribution in [0, 0.1) is 20.8 Å². The second kappa shape index (κ2) is 7.47. The highest BCUT2D eigenvalue weighted by atomic mass is 32.2. The fraction of sp³-hybridized carbons (Fsp3) is 0.571. The lowest BCUT2D eigenvalue weighted by Gasteiger charge is -2.34. The van der Waals surface area contributed by atoms with Gasteiger partial charge in [0, 0.05) is 25.7 Å². The first-order valence-corrected chi connectivity index (χ1v) is 15.4. The average molecular weight is 437 g/mol. The molecule has 0 aliphatic carbocycles. The Morgan fingerprint density at radius 2 is 1.79 bits per heavy atom. The number of sulfonamides is 1. The highest BCUT2D eigenvalue weighted by molar-refractivity contribution is 7.92. The Hall–Kier alpha value is -1.80. The van der Waals surface area contributed by atoms with Gasteiger partial charge in [-0.25, -0.2) is 8.42 Å². The van der Waals surface area contributed by atoms with E-state index in [1.165, 1.54) is 7.11 Å². The summed E-state index contributed by atoms with van der Waals surface area (Å²) in [5.41, 5.74) is 5.56. The Morgan fingerprint density at radius 1 is 1.14 bits per heavy atom. The number of hydrogen-bond acceptors (Lipinski definition) is 4. The van der Waals surface area contributed by atoms with Crippen LogP contribution in [0.2, 0.25) is 25.7 Å². The topological polar surface area (TPSA) is 68.6 Å². The Morgan fingerprint density at radius 3 is 2.38 bits per heavy atom. The van der Waals surface area contributed by atoms with Crippen molar-refractivity contribution in [2.45, 2.75) is 59.4 Å². The standard InChI is InChI=1S/C21H32N2O4SSi/c1-14-12-18-15(2)17(13-19(24)27-4)16(3)20-21(18)22(14)8-9-23(20)28(25,26)10-11-29(5,6)7/h12H,8-11,13H2,1-7H3. The maximum atomic E-state index is 13.4. The summed E-state index contributed by atoms with van der Waals surface area (Å²) in [4.78, 5) is 12.0. The monoisotopic (exact) mass is 436 g/mol. The third kappa shape index (κ3) is 3.96. The predicted molar refractivity (Wildman–Crippen MR) is 121 cm³/mol. The summed E-state index contributed by atoms with van der Waals surface area (Å²) in [6.07, 6.45) is 0.143. The number of hydrogen-bond donors (Lipinski definition) is 0. The molecule has 29 heavy (non-hydrogen) atoms. The third-order valence-electron chi connectivity index (χ3n) is 5.96. The summed E-state index contributed by atoms with van der Waals surface area (Å²) in [6, 6.07) is 2.83. The normalized spacial score (nSPS) is 14.5. The molecule has 1 aliphatic heterocycles. The van der Waals surface area contributed by atoms with Gasteiger partial charge in [0.25, 0.3) is 0 Å². The molecular weight excluding hydrogens is 404 g/mol. The van der Waals surface area contributed by atoms with Gasteiger partial charge in [-0.3, -0.25) is 9.10 Å². The van der Waals surface area contributed by atoms with Crippen molar-refractivity contribution in [2.24, 2.45) is 0 Å². The molecule has 2 aromatic rings. The second-order valence-electron chi connectivity index (χ2n) is 9.23. The molecule has 0 bridgehead atoms. The second-order valence-corrected chi connectivity index (χ2v) is 16.9. The minimum absolute atomic E-state index is 0.143. The largest absolute Gasteiger partial charge is 0.469 e. The van der Waals surface area contributed by atoms with Gasteiger partial charge in [-0.1, -0.05) is 19.6 Å². The molecule has 3 rings (SSSR count). The average Bonchev–Trinajstić information content (AvgIpc) is 2.98. The zero-order valence-electron chi connectivity index (χ0n) is 18.5. The summed E-state index contributed by atoms with van der Waals surface area (Å²) in [7, 11) is -3.56. The van der Waals surface area contributed by atoms with Crippen LogP contribution in [-0.2, 0) is 32.5 Å². The van der Waals surface area contributed by atoms with Gasteiger partial charge in [-0.15, -0.1) is 0 Å². The van der Waals surface area contributed by atoms with Crippen LogP contribution < -0.4 is 4.31 Å². The van der Waals surface area contributed by atoms with E-state index in [0.29, 0.717) is 13.1 Å². The molecule has 160 valence electrons. The lowest BCUT2D eigenvalue weighted by atomic mass is 9.94. The quantitative estimate of drug-likeness (QED) is 0.511. The maximum Gasteiger partial charge on any atom is 0.309 e. The number of esters is 1. The van der Waals surface area contributed by atoms with E-state index in [9.17, 15) is 13.2 Å². The van der Waals surface area contributed by atoms with Gasteiger partial charge in [0.1, 0.15) is 0 Å². The molecule has 2 heterocycles. The zero-order valence-corrected chi connectivity index (χ0v) is 20.4. The number of nitrogens with zero attached hydrogens (tertiary/aromatic N) is 2. The number of carbonyl (C=O) groups excluding carboxylic acids is 1. The Labute approximate surface area is 174 Å². The van der Waals surface area contributed by atoms with Gasteiger partial charge in [0.2, 0.25) is 10.0 Å². The molecule has 1 aromatic carbocycles. The smallest absolute Gasteiger partial charge is 0.309 e. The van der Waals surface area contributed by atoms with Crippen LogP contribution >= 0.6 is 0 Å². The number of carbonyl (C=O) groups is 1. The molecule has 1 aliphatic rings. The number of aryl methyl sites for hydroxylation is 2. The van der Waals surface area contributed by atoms with E-state index in [2.05, 4.69) is 30.3 Å². The van der Waals surface area contributed by atoms with E-state index in [-0.39, 0.29) is 18.1 Å². The van der Waals surface area contributed by atoms with Gasteiger partial charge < -0.3 is 9.30 Å². The maximum absolute atomic E-state index is 13.4. The van der Waals surface area contributed by atoms with Crippen molar-refractivity contribution in [1.29, 1.82) is 0 Å². The molecular formula is C21H32N2O4SSi. The molecule has 0 N–H and O–H groups in total. The fourth-order valence-electron chi connectivity index (χ4n) is 4.18. The van der Waals surface area contributed by atoms with E-state index in [1.807, 2.05) is 20.8 Å². The van der Waals surface area contributed by atoms with E-state index in [0.717, 1.165) is 45.0 Å².